The molecule has 0 atom stereocenters. The summed E-state index contributed by atoms with van der Waals surface area (Å²) in [7, 11) is -1.86. The van der Waals surface area contributed by atoms with Crippen LogP contribution in [0.3, 0.4) is 0 Å². The number of nitrogens with zero attached hydrogens (tertiary/aromatic N) is 1. The third-order valence-electron chi connectivity index (χ3n) is 2.47. The average molecular weight is 286 g/mol. The van der Waals surface area contributed by atoms with Crippen LogP contribution in [-0.4, -0.2) is 38.8 Å². The molecule has 0 unspecified atom stereocenters. The highest BCUT2D eigenvalue weighted by Gasteiger charge is 2.10. The second-order valence-electron chi connectivity index (χ2n) is 4.03. The van der Waals surface area contributed by atoms with Crippen molar-refractivity contribution >= 4 is 21.4 Å². The van der Waals surface area contributed by atoms with E-state index >= 15 is 0 Å². The molecule has 0 aliphatic carbocycles. The highest BCUT2D eigenvalue weighted by Crippen LogP contribution is 2.13. The molecular formula is C12H18N2O4S. The van der Waals surface area contributed by atoms with Gasteiger partial charge in [-0.2, -0.15) is 0 Å². The van der Waals surface area contributed by atoms with Crippen LogP contribution in [0.1, 0.15) is 18.9 Å². The molecule has 0 saturated heterocycles. The van der Waals surface area contributed by atoms with Crippen LogP contribution in [-0.2, 0) is 14.8 Å². The summed E-state index contributed by atoms with van der Waals surface area (Å²) in [4.78, 5) is 0. The quantitative estimate of drug-likeness (QED) is 0.345. The number of methoxy groups -OCH3 is 1. The van der Waals surface area contributed by atoms with Crippen molar-refractivity contribution in [2.24, 2.45) is 5.16 Å². The normalized spacial score (nSPS) is 12.4. The Labute approximate surface area is 113 Å². The molecule has 0 spiro atoms. The Hall–Kier alpha value is -1.60. The van der Waals surface area contributed by atoms with Crippen molar-refractivity contribution in [2.45, 2.75) is 13.3 Å². The molecule has 0 radical (unpaired) electrons. The molecule has 0 amide bonds. The number of oxime groups is 1. The Morgan fingerprint density at radius 3 is 2.84 bits per heavy atom. The second-order valence-corrected chi connectivity index (χ2v) is 5.88. The summed E-state index contributed by atoms with van der Waals surface area (Å²) < 4.78 is 30.9. The summed E-state index contributed by atoms with van der Waals surface area (Å²) in [6, 6.07) is 6.68. The van der Waals surface area contributed by atoms with E-state index < -0.39 is 10.0 Å². The number of hydrogen-bond donors (Lipinski definition) is 2. The Balaban J connectivity index is 2.77. The molecule has 0 bridgehead atoms. The van der Waals surface area contributed by atoms with Crippen LogP contribution in [0.2, 0.25) is 0 Å². The van der Waals surface area contributed by atoms with E-state index in [0.717, 1.165) is 0 Å². The zero-order valence-corrected chi connectivity index (χ0v) is 11.8. The van der Waals surface area contributed by atoms with Gasteiger partial charge in [-0.05, 0) is 25.5 Å². The number of sulfonamides is 1. The Kier molecular flexibility index (Phi) is 5.78. The van der Waals surface area contributed by atoms with Crippen molar-refractivity contribution in [1.82, 2.24) is 0 Å². The lowest BCUT2D eigenvalue weighted by Crippen LogP contribution is -2.18. The molecule has 0 aliphatic heterocycles. The van der Waals surface area contributed by atoms with Crippen LogP contribution in [0.4, 0.5) is 5.69 Å². The van der Waals surface area contributed by atoms with Crippen molar-refractivity contribution < 1.29 is 18.4 Å². The van der Waals surface area contributed by atoms with E-state index in [2.05, 4.69) is 9.88 Å². The van der Waals surface area contributed by atoms with E-state index in [1.165, 1.54) is 7.11 Å². The van der Waals surface area contributed by atoms with Gasteiger partial charge in [0, 0.05) is 25.0 Å². The van der Waals surface area contributed by atoms with E-state index in [1.54, 1.807) is 31.2 Å². The monoisotopic (exact) mass is 286 g/mol. The molecule has 106 valence electrons. The van der Waals surface area contributed by atoms with Gasteiger partial charge in [-0.1, -0.05) is 17.3 Å². The van der Waals surface area contributed by atoms with Gasteiger partial charge in [0.2, 0.25) is 10.0 Å². The first kappa shape index (κ1) is 15.5. The topological polar surface area (TPSA) is 88.0 Å². The zero-order chi connectivity index (χ0) is 14.3. The first-order valence-electron chi connectivity index (χ1n) is 5.77. The number of benzene rings is 1. The predicted molar refractivity (Wildman–Crippen MR) is 74.3 cm³/mol. The summed E-state index contributed by atoms with van der Waals surface area (Å²) in [5.74, 6) is -0.00185. The maximum Gasteiger partial charge on any atom is 0.232 e. The van der Waals surface area contributed by atoms with Gasteiger partial charge in [-0.25, -0.2) is 8.42 Å². The molecule has 7 heteroatoms. The van der Waals surface area contributed by atoms with E-state index in [1.807, 2.05) is 0 Å². The highest BCUT2D eigenvalue weighted by atomic mass is 32.2. The maximum absolute atomic E-state index is 11.8. The minimum atomic E-state index is -3.39. The van der Waals surface area contributed by atoms with E-state index in [9.17, 15) is 8.42 Å². The number of hydrogen-bond acceptors (Lipinski definition) is 5. The SMILES string of the molecule is COCCCS(=O)(=O)Nc1cccc(C(C)=NO)c1. The molecule has 6 nitrogen and oxygen atoms in total. The van der Waals surface area contributed by atoms with Crippen LogP contribution >= 0.6 is 0 Å². The number of anilines is 1. The zero-order valence-electron chi connectivity index (χ0n) is 11.0. The van der Waals surface area contributed by atoms with Crippen LogP contribution in [0.15, 0.2) is 29.4 Å². The van der Waals surface area contributed by atoms with Crippen LogP contribution < -0.4 is 4.72 Å². The molecule has 1 aromatic rings. The Bertz CT molecular complexity index is 540. The first-order chi connectivity index (χ1) is 8.98. The van der Waals surface area contributed by atoms with Crippen molar-refractivity contribution in [2.75, 3.05) is 24.2 Å². The lowest BCUT2D eigenvalue weighted by atomic mass is 10.1. The third-order valence-corrected chi connectivity index (χ3v) is 3.84. The van der Waals surface area contributed by atoms with Gasteiger partial charge in [-0.15, -0.1) is 0 Å². The minimum absolute atomic E-state index is 0.00185. The van der Waals surface area contributed by atoms with Crippen LogP contribution in [0.25, 0.3) is 0 Å². The smallest absolute Gasteiger partial charge is 0.232 e. The molecule has 1 rings (SSSR count). The molecule has 1 aromatic carbocycles. The highest BCUT2D eigenvalue weighted by molar-refractivity contribution is 7.92. The molecule has 2 N–H and O–H groups in total. The lowest BCUT2D eigenvalue weighted by Gasteiger charge is -2.09. The van der Waals surface area contributed by atoms with E-state index in [0.29, 0.717) is 30.0 Å². The molecule has 0 heterocycles. The second kappa shape index (κ2) is 7.10. The average Bonchev–Trinajstić information content (AvgIpc) is 2.37. The first-order valence-corrected chi connectivity index (χ1v) is 7.42. The minimum Gasteiger partial charge on any atom is -0.411 e. The largest absolute Gasteiger partial charge is 0.411 e. The van der Waals surface area contributed by atoms with Crippen molar-refractivity contribution in [3.63, 3.8) is 0 Å². The van der Waals surface area contributed by atoms with Crippen LogP contribution in [0, 0.1) is 0 Å². The third kappa shape index (κ3) is 5.27. The predicted octanol–water partition coefficient (Wildman–Crippen LogP) is 1.66. The molecular weight excluding hydrogens is 268 g/mol. The molecule has 0 fully saturated rings. The van der Waals surface area contributed by atoms with Gasteiger partial charge in [0.15, 0.2) is 0 Å². The van der Waals surface area contributed by atoms with Crippen LogP contribution in [0.5, 0.6) is 0 Å². The van der Waals surface area contributed by atoms with Gasteiger partial charge in [0.1, 0.15) is 0 Å². The summed E-state index contributed by atoms with van der Waals surface area (Å²) in [6.45, 7) is 2.03. The van der Waals surface area contributed by atoms with Crippen molar-refractivity contribution in [1.29, 1.82) is 0 Å². The van der Waals surface area contributed by atoms with Gasteiger partial charge >= 0.3 is 0 Å². The summed E-state index contributed by atoms with van der Waals surface area (Å²) in [6.07, 6.45) is 0.433. The van der Waals surface area contributed by atoms with Gasteiger partial charge in [-0.3, -0.25) is 4.72 Å². The van der Waals surface area contributed by atoms with Gasteiger partial charge < -0.3 is 9.94 Å². The fourth-order valence-corrected chi connectivity index (χ4v) is 2.58. The van der Waals surface area contributed by atoms with E-state index in [-0.39, 0.29) is 5.75 Å². The van der Waals surface area contributed by atoms with Gasteiger partial charge in [0.05, 0.1) is 11.5 Å². The Morgan fingerprint density at radius 1 is 1.47 bits per heavy atom. The molecule has 0 aliphatic rings. The summed E-state index contributed by atoms with van der Waals surface area (Å²) >= 11 is 0. The lowest BCUT2D eigenvalue weighted by molar-refractivity contribution is 0.199. The fraction of sp³-hybridized carbons (Fsp3) is 0.417. The molecule has 19 heavy (non-hydrogen) atoms. The molecule has 0 aromatic heterocycles. The standard InChI is InChI=1S/C12H18N2O4S/c1-10(13-15)11-5-3-6-12(9-11)14-19(16,17)8-4-7-18-2/h3,5-6,9,14-15H,4,7-8H2,1-2H3. The number of nitrogens with one attached hydrogen (secondary N) is 1. The molecule has 0 saturated carbocycles. The maximum atomic E-state index is 11.8. The Morgan fingerprint density at radius 2 is 2.21 bits per heavy atom. The number of ether oxygens (including phenoxy) is 1. The van der Waals surface area contributed by atoms with Gasteiger partial charge in [0.25, 0.3) is 0 Å². The van der Waals surface area contributed by atoms with Crippen molar-refractivity contribution in [3.05, 3.63) is 29.8 Å². The fourth-order valence-electron chi connectivity index (χ4n) is 1.49. The van der Waals surface area contributed by atoms with E-state index in [4.69, 9.17) is 9.94 Å². The number of rotatable bonds is 7. The van der Waals surface area contributed by atoms with Crippen molar-refractivity contribution in [3.8, 4) is 0 Å². The summed E-state index contributed by atoms with van der Waals surface area (Å²) in [5.41, 5.74) is 1.51. The summed E-state index contributed by atoms with van der Waals surface area (Å²) in [5, 5.41) is 11.8.